The minimum absolute atomic E-state index is 0.0511. The van der Waals surface area contributed by atoms with Crippen LogP contribution in [0.1, 0.15) is 16.8 Å². The van der Waals surface area contributed by atoms with Gasteiger partial charge in [-0.25, -0.2) is 4.39 Å². The standard InChI is InChI=1S/C25H23FN6O2S/c1-15-16(2)32(18-11-9-17(26)10-12-18)23(20(15)13-27)28-22(33)14-35-25-30-29-24(31(25)3)19-7-5-6-8-21(19)34-4/h5-12H,14H2,1-4H3,(H,28,33). The van der Waals surface area contributed by atoms with Gasteiger partial charge in [-0.15, -0.1) is 10.2 Å². The SMILES string of the molecule is COc1ccccc1-c1nnc(SCC(=O)Nc2c(C#N)c(C)c(C)n2-c2ccc(F)cc2)n1C. The lowest BCUT2D eigenvalue weighted by Crippen LogP contribution is -2.18. The Hall–Kier alpha value is -4.10. The third-order valence-electron chi connectivity index (χ3n) is 5.68. The molecule has 0 aliphatic rings. The molecule has 0 saturated heterocycles. The Morgan fingerprint density at radius 3 is 2.57 bits per heavy atom. The van der Waals surface area contributed by atoms with Crippen LogP contribution in [-0.4, -0.2) is 38.1 Å². The number of hydrogen-bond acceptors (Lipinski definition) is 6. The number of hydrogen-bond donors (Lipinski definition) is 1. The van der Waals surface area contributed by atoms with E-state index in [2.05, 4.69) is 21.6 Å². The summed E-state index contributed by atoms with van der Waals surface area (Å²) >= 11 is 1.23. The van der Waals surface area contributed by atoms with Gasteiger partial charge in [0.05, 0.1) is 24.0 Å². The van der Waals surface area contributed by atoms with E-state index < -0.39 is 0 Å². The third-order valence-corrected chi connectivity index (χ3v) is 6.70. The van der Waals surface area contributed by atoms with Crippen LogP contribution in [0.3, 0.4) is 0 Å². The van der Waals surface area contributed by atoms with Crippen LogP contribution in [0, 0.1) is 31.0 Å². The van der Waals surface area contributed by atoms with Crippen LogP contribution in [0.2, 0.25) is 0 Å². The number of anilines is 1. The van der Waals surface area contributed by atoms with Crippen LogP contribution in [0.4, 0.5) is 10.2 Å². The monoisotopic (exact) mass is 490 g/mol. The summed E-state index contributed by atoms with van der Waals surface area (Å²) < 4.78 is 22.4. The Labute approximate surface area is 206 Å². The van der Waals surface area contributed by atoms with Crippen LogP contribution in [0.25, 0.3) is 17.1 Å². The minimum atomic E-state index is -0.367. The van der Waals surface area contributed by atoms with Gasteiger partial charge < -0.3 is 14.6 Å². The van der Waals surface area contributed by atoms with Crippen molar-refractivity contribution in [2.75, 3.05) is 18.2 Å². The summed E-state index contributed by atoms with van der Waals surface area (Å²) in [5.41, 5.74) is 3.33. The molecule has 2 aromatic heterocycles. The number of carbonyl (C=O) groups is 1. The fourth-order valence-electron chi connectivity index (χ4n) is 3.78. The Morgan fingerprint density at radius 2 is 1.89 bits per heavy atom. The number of benzene rings is 2. The van der Waals surface area contributed by atoms with Crippen molar-refractivity contribution in [3.8, 4) is 28.9 Å². The lowest BCUT2D eigenvalue weighted by atomic mass is 10.2. The van der Waals surface area contributed by atoms with Gasteiger partial charge in [0, 0.05) is 18.4 Å². The molecule has 35 heavy (non-hydrogen) atoms. The number of nitrogens with one attached hydrogen (secondary N) is 1. The normalized spacial score (nSPS) is 10.7. The molecule has 2 aromatic carbocycles. The number of thioether (sulfide) groups is 1. The van der Waals surface area contributed by atoms with Crippen LogP contribution in [0.5, 0.6) is 5.75 Å². The van der Waals surface area contributed by atoms with E-state index in [-0.39, 0.29) is 17.5 Å². The summed E-state index contributed by atoms with van der Waals surface area (Å²) in [5.74, 6) is 1.02. The number of methoxy groups -OCH3 is 1. The van der Waals surface area contributed by atoms with Gasteiger partial charge in [0.25, 0.3) is 0 Å². The van der Waals surface area contributed by atoms with E-state index in [1.54, 1.807) is 28.4 Å². The summed E-state index contributed by atoms with van der Waals surface area (Å²) in [6.45, 7) is 3.67. The molecule has 0 aliphatic heterocycles. The summed E-state index contributed by atoms with van der Waals surface area (Å²) in [5, 5.41) is 21.6. The van der Waals surface area contributed by atoms with Crippen molar-refractivity contribution < 1.29 is 13.9 Å². The third kappa shape index (κ3) is 4.63. The quantitative estimate of drug-likeness (QED) is 0.379. The van der Waals surface area contributed by atoms with Crippen molar-refractivity contribution in [1.82, 2.24) is 19.3 Å². The highest BCUT2D eigenvalue weighted by Crippen LogP contribution is 2.32. The summed E-state index contributed by atoms with van der Waals surface area (Å²) in [7, 11) is 3.41. The molecule has 10 heteroatoms. The van der Waals surface area contributed by atoms with E-state index in [1.165, 1.54) is 23.9 Å². The number of rotatable bonds is 7. The molecule has 0 aliphatic carbocycles. The molecule has 1 N–H and O–H groups in total. The topological polar surface area (TPSA) is 97.8 Å². The second-order valence-electron chi connectivity index (χ2n) is 7.76. The van der Waals surface area contributed by atoms with Gasteiger partial charge in [-0.2, -0.15) is 5.26 Å². The predicted octanol–water partition coefficient (Wildman–Crippen LogP) is 4.64. The number of halogens is 1. The lowest BCUT2D eigenvalue weighted by Gasteiger charge is -2.13. The molecule has 0 saturated carbocycles. The van der Waals surface area contributed by atoms with Gasteiger partial charge in [-0.1, -0.05) is 23.9 Å². The predicted molar refractivity (Wildman–Crippen MR) is 132 cm³/mol. The average Bonchev–Trinajstić information content (AvgIpc) is 3.34. The maximum absolute atomic E-state index is 13.5. The molecule has 4 aromatic rings. The molecule has 0 bridgehead atoms. The zero-order valence-electron chi connectivity index (χ0n) is 19.7. The Balaban J connectivity index is 1.55. The van der Waals surface area contributed by atoms with Crippen LogP contribution >= 0.6 is 11.8 Å². The molecule has 2 heterocycles. The van der Waals surface area contributed by atoms with E-state index in [4.69, 9.17) is 4.74 Å². The maximum Gasteiger partial charge on any atom is 0.236 e. The van der Waals surface area contributed by atoms with Crippen LogP contribution in [-0.2, 0) is 11.8 Å². The van der Waals surface area contributed by atoms with Gasteiger partial charge in [0.15, 0.2) is 11.0 Å². The fraction of sp³-hybridized carbons (Fsp3) is 0.200. The molecule has 178 valence electrons. The molecular formula is C25H23FN6O2S. The highest BCUT2D eigenvalue weighted by atomic mass is 32.2. The first-order chi connectivity index (χ1) is 16.8. The van der Waals surface area contributed by atoms with Gasteiger partial charge >= 0.3 is 0 Å². The van der Waals surface area contributed by atoms with Crippen molar-refractivity contribution in [1.29, 1.82) is 5.26 Å². The number of aromatic nitrogens is 4. The van der Waals surface area contributed by atoms with Gasteiger partial charge in [-0.05, 0) is 55.8 Å². The molecular weight excluding hydrogens is 467 g/mol. The lowest BCUT2D eigenvalue weighted by molar-refractivity contribution is -0.113. The van der Waals surface area contributed by atoms with Crippen LogP contribution < -0.4 is 10.1 Å². The zero-order chi connectivity index (χ0) is 25.1. The van der Waals surface area contributed by atoms with Crippen molar-refractivity contribution in [2.24, 2.45) is 7.05 Å². The number of carbonyl (C=O) groups excluding carboxylic acids is 1. The molecule has 1 amide bonds. The molecule has 8 nitrogen and oxygen atoms in total. The van der Waals surface area contributed by atoms with Crippen molar-refractivity contribution in [2.45, 2.75) is 19.0 Å². The van der Waals surface area contributed by atoms with E-state index in [0.717, 1.165) is 16.8 Å². The first kappa shape index (κ1) is 24.0. The highest BCUT2D eigenvalue weighted by Gasteiger charge is 2.22. The summed E-state index contributed by atoms with van der Waals surface area (Å²) in [4.78, 5) is 12.9. The highest BCUT2D eigenvalue weighted by molar-refractivity contribution is 7.99. The van der Waals surface area contributed by atoms with E-state index in [0.29, 0.717) is 33.8 Å². The van der Waals surface area contributed by atoms with Crippen molar-refractivity contribution in [3.05, 3.63) is 71.2 Å². The molecule has 0 unspecified atom stereocenters. The van der Waals surface area contributed by atoms with Gasteiger partial charge in [0.2, 0.25) is 5.91 Å². The maximum atomic E-state index is 13.5. The summed E-state index contributed by atoms with van der Waals surface area (Å²) in [6.07, 6.45) is 0. The van der Waals surface area contributed by atoms with Crippen molar-refractivity contribution >= 4 is 23.5 Å². The van der Waals surface area contributed by atoms with E-state index in [1.807, 2.05) is 45.2 Å². The van der Waals surface area contributed by atoms with E-state index >= 15 is 0 Å². The van der Waals surface area contributed by atoms with Crippen LogP contribution in [0.15, 0.2) is 53.7 Å². The number of nitrogens with zero attached hydrogens (tertiary/aromatic N) is 5. The smallest absolute Gasteiger partial charge is 0.236 e. The van der Waals surface area contributed by atoms with Crippen molar-refractivity contribution in [3.63, 3.8) is 0 Å². The van der Waals surface area contributed by atoms with E-state index in [9.17, 15) is 14.4 Å². The minimum Gasteiger partial charge on any atom is -0.496 e. The number of amides is 1. The molecule has 0 fully saturated rings. The largest absolute Gasteiger partial charge is 0.496 e. The fourth-order valence-corrected chi connectivity index (χ4v) is 4.49. The molecule has 0 spiro atoms. The first-order valence-corrected chi connectivity index (χ1v) is 11.7. The summed E-state index contributed by atoms with van der Waals surface area (Å²) in [6, 6.07) is 15.6. The first-order valence-electron chi connectivity index (χ1n) is 10.7. The molecule has 4 rings (SSSR count). The molecule has 0 atom stereocenters. The Kier molecular flexibility index (Phi) is 6.89. The Morgan fingerprint density at radius 1 is 1.17 bits per heavy atom. The zero-order valence-corrected chi connectivity index (χ0v) is 20.5. The second kappa shape index (κ2) is 10.0. The number of para-hydroxylation sites is 1. The molecule has 0 radical (unpaired) electrons. The number of ether oxygens (including phenoxy) is 1. The van der Waals surface area contributed by atoms with Gasteiger partial charge in [-0.3, -0.25) is 9.36 Å². The van der Waals surface area contributed by atoms with Gasteiger partial charge in [0.1, 0.15) is 23.5 Å². The Bertz CT molecular complexity index is 1440. The second-order valence-corrected chi connectivity index (χ2v) is 8.70. The average molecular weight is 491 g/mol. The number of nitriles is 1.